The van der Waals surface area contributed by atoms with Crippen molar-refractivity contribution in [2.45, 2.75) is 13.3 Å². The summed E-state index contributed by atoms with van der Waals surface area (Å²) >= 11 is 6.03. The zero-order valence-electron chi connectivity index (χ0n) is 20.2. The SMILES string of the molecule is CCCOc1ccc(-c2nn(-c3ccccc3)cc2C=NNC(=O)CNC(=O)c2ccccc2Cl)cc1. The predicted molar refractivity (Wildman–Crippen MR) is 144 cm³/mol. The Balaban J connectivity index is 1.47. The third-order valence-corrected chi connectivity index (χ3v) is 5.61. The zero-order chi connectivity index (χ0) is 26.0. The summed E-state index contributed by atoms with van der Waals surface area (Å²) in [5, 5.41) is 11.7. The molecule has 0 saturated heterocycles. The van der Waals surface area contributed by atoms with E-state index < -0.39 is 11.8 Å². The number of hydrogen-bond acceptors (Lipinski definition) is 5. The summed E-state index contributed by atoms with van der Waals surface area (Å²) in [7, 11) is 0. The third kappa shape index (κ3) is 6.83. The maximum Gasteiger partial charge on any atom is 0.259 e. The van der Waals surface area contributed by atoms with Gasteiger partial charge in [0.2, 0.25) is 0 Å². The standard InChI is InChI=1S/C28H26ClN5O3/c1-2-16-37-23-14-12-20(13-15-23)27-21(19-34(33-27)22-8-4-3-5-9-22)17-31-32-26(35)18-30-28(36)24-10-6-7-11-25(24)29/h3-15,17,19H,2,16,18H2,1H3,(H,30,36)(H,32,35). The number of nitrogens with one attached hydrogen (secondary N) is 2. The molecule has 0 aliphatic rings. The van der Waals surface area contributed by atoms with Gasteiger partial charge in [0, 0.05) is 17.3 Å². The van der Waals surface area contributed by atoms with E-state index in [2.05, 4.69) is 22.8 Å². The van der Waals surface area contributed by atoms with Crippen LogP contribution in [0.3, 0.4) is 0 Å². The number of nitrogens with zero attached hydrogens (tertiary/aromatic N) is 3. The molecule has 0 aliphatic heterocycles. The molecule has 4 rings (SSSR count). The molecule has 0 bridgehead atoms. The number of hydrazone groups is 1. The minimum absolute atomic E-state index is 0.253. The summed E-state index contributed by atoms with van der Waals surface area (Å²) in [6, 6.07) is 24.0. The summed E-state index contributed by atoms with van der Waals surface area (Å²) in [6.07, 6.45) is 4.29. The van der Waals surface area contributed by atoms with E-state index in [9.17, 15) is 9.59 Å². The quantitative estimate of drug-likeness (QED) is 0.233. The van der Waals surface area contributed by atoms with E-state index in [0.29, 0.717) is 28.5 Å². The molecule has 0 unspecified atom stereocenters. The highest BCUT2D eigenvalue weighted by Gasteiger charge is 2.13. The van der Waals surface area contributed by atoms with Gasteiger partial charge in [-0.2, -0.15) is 10.2 Å². The number of amides is 2. The Morgan fingerprint density at radius 1 is 1.03 bits per heavy atom. The minimum atomic E-state index is -0.480. The van der Waals surface area contributed by atoms with Gasteiger partial charge in [-0.05, 0) is 55.0 Å². The van der Waals surface area contributed by atoms with Crippen molar-refractivity contribution in [1.82, 2.24) is 20.5 Å². The van der Waals surface area contributed by atoms with Gasteiger partial charge < -0.3 is 10.1 Å². The van der Waals surface area contributed by atoms with Crippen LogP contribution >= 0.6 is 11.6 Å². The Kier molecular flexibility index (Phi) is 8.67. The number of hydrogen-bond donors (Lipinski definition) is 2. The first-order chi connectivity index (χ1) is 18.0. The molecule has 4 aromatic rings. The molecule has 1 heterocycles. The molecule has 3 aromatic carbocycles. The van der Waals surface area contributed by atoms with Gasteiger partial charge in [0.15, 0.2) is 0 Å². The Hall–Kier alpha value is -4.43. The van der Waals surface area contributed by atoms with Crippen molar-refractivity contribution in [2.75, 3.05) is 13.2 Å². The third-order valence-electron chi connectivity index (χ3n) is 5.28. The van der Waals surface area contributed by atoms with Crippen molar-refractivity contribution >= 4 is 29.6 Å². The molecular formula is C28H26ClN5O3. The number of halogens is 1. The average Bonchev–Trinajstić information content (AvgIpc) is 3.36. The van der Waals surface area contributed by atoms with Crippen LogP contribution in [0.5, 0.6) is 5.75 Å². The van der Waals surface area contributed by atoms with E-state index in [-0.39, 0.29) is 6.54 Å². The van der Waals surface area contributed by atoms with Gasteiger partial charge in [0.05, 0.1) is 35.6 Å². The van der Waals surface area contributed by atoms with E-state index in [4.69, 9.17) is 21.4 Å². The van der Waals surface area contributed by atoms with Crippen LogP contribution in [0.4, 0.5) is 0 Å². The number of carbonyl (C=O) groups is 2. The molecular weight excluding hydrogens is 490 g/mol. The Bertz CT molecular complexity index is 1380. The van der Waals surface area contributed by atoms with Gasteiger partial charge in [-0.1, -0.05) is 48.9 Å². The second-order valence-corrected chi connectivity index (χ2v) is 8.45. The first-order valence-electron chi connectivity index (χ1n) is 11.8. The van der Waals surface area contributed by atoms with E-state index >= 15 is 0 Å². The van der Waals surface area contributed by atoms with Gasteiger partial charge in [-0.15, -0.1) is 0 Å². The van der Waals surface area contributed by atoms with E-state index in [1.807, 2.05) is 60.8 Å². The number of ether oxygens (including phenoxy) is 1. The second-order valence-electron chi connectivity index (χ2n) is 8.04. The van der Waals surface area contributed by atoms with Crippen molar-refractivity contribution in [3.05, 3.63) is 101 Å². The molecule has 2 N–H and O–H groups in total. The molecule has 37 heavy (non-hydrogen) atoms. The van der Waals surface area contributed by atoms with E-state index in [1.165, 1.54) is 6.21 Å². The monoisotopic (exact) mass is 515 g/mol. The van der Waals surface area contributed by atoms with Crippen molar-refractivity contribution in [2.24, 2.45) is 5.10 Å². The van der Waals surface area contributed by atoms with Gasteiger partial charge in [0.25, 0.3) is 11.8 Å². The van der Waals surface area contributed by atoms with Crippen molar-refractivity contribution in [3.8, 4) is 22.7 Å². The van der Waals surface area contributed by atoms with Crippen LogP contribution < -0.4 is 15.5 Å². The fourth-order valence-corrected chi connectivity index (χ4v) is 3.68. The summed E-state index contributed by atoms with van der Waals surface area (Å²) < 4.78 is 7.43. The van der Waals surface area contributed by atoms with Crippen LogP contribution in [0.2, 0.25) is 5.02 Å². The van der Waals surface area contributed by atoms with E-state index in [1.54, 1.807) is 28.9 Å². The molecule has 8 nitrogen and oxygen atoms in total. The highest BCUT2D eigenvalue weighted by atomic mass is 35.5. The molecule has 9 heteroatoms. The Morgan fingerprint density at radius 2 is 1.76 bits per heavy atom. The number of carbonyl (C=O) groups excluding carboxylic acids is 2. The Labute approximate surface area is 219 Å². The number of para-hydroxylation sites is 1. The smallest absolute Gasteiger partial charge is 0.259 e. The molecule has 0 aliphatic carbocycles. The first kappa shape index (κ1) is 25.7. The molecule has 0 radical (unpaired) electrons. The van der Waals surface area contributed by atoms with Crippen LogP contribution in [0.25, 0.3) is 16.9 Å². The fourth-order valence-electron chi connectivity index (χ4n) is 3.46. The van der Waals surface area contributed by atoms with Gasteiger partial charge in [-0.3, -0.25) is 9.59 Å². The number of aromatic nitrogens is 2. The van der Waals surface area contributed by atoms with Crippen LogP contribution in [0.15, 0.2) is 90.2 Å². The summed E-state index contributed by atoms with van der Waals surface area (Å²) in [5.41, 5.74) is 5.89. The predicted octanol–water partition coefficient (Wildman–Crippen LogP) is 4.86. The lowest BCUT2D eigenvalue weighted by atomic mass is 10.1. The average molecular weight is 516 g/mol. The van der Waals surface area contributed by atoms with Crippen molar-refractivity contribution in [1.29, 1.82) is 0 Å². The highest BCUT2D eigenvalue weighted by molar-refractivity contribution is 6.33. The summed E-state index contributed by atoms with van der Waals surface area (Å²) in [4.78, 5) is 24.5. The molecule has 188 valence electrons. The van der Waals surface area contributed by atoms with Crippen LogP contribution in [-0.2, 0) is 4.79 Å². The fraction of sp³-hybridized carbons (Fsp3) is 0.143. The van der Waals surface area contributed by atoms with Crippen LogP contribution in [0, 0.1) is 0 Å². The normalized spacial score (nSPS) is 10.9. The molecule has 0 atom stereocenters. The van der Waals surface area contributed by atoms with Crippen LogP contribution in [-0.4, -0.2) is 41.0 Å². The van der Waals surface area contributed by atoms with Crippen molar-refractivity contribution < 1.29 is 14.3 Å². The lowest BCUT2D eigenvalue weighted by Crippen LogP contribution is -2.35. The summed E-state index contributed by atoms with van der Waals surface area (Å²) in [5.74, 6) is -0.136. The lowest BCUT2D eigenvalue weighted by Gasteiger charge is -2.06. The van der Waals surface area contributed by atoms with Crippen molar-refractivity contribution in [3.63, 3.8) is 0 Å². The molecule has 2 amide bonds. The largest absolute Gasteiger partial charge is 0.494 e. The topological polar surface area (TPSA) is 97.6 Å². The molecule has 0 spiro atoms. The highest BCUT2D eigenvalue weighted by Crippen LogP contribution is 2.25. The minimum Gasteiger partial charge on any atom is -0.494 e. The van der Waals surface area contributed by atoms with E-state index in [0.717, 1.165) is 23.4 Å². The lowest BCUT2D eigenvalue weighted by molar-refractivity contribution is -0.120. The second kappa shape index (κ2) is 12.5. The summed E-state index contributed by atoms with van der Waals surface area (Å²) in [6.45, 7) is 2.46. The van der Waals surface area contributed by atoms with Gasteiger partial charge in [0.1, 0.15) is 11.4 Å². The maximum absolute atomic E-state index is 12.3. The molecule has 0 fully saturated rings. The van der Waals surface area contributed by atoms with Gasteiger partial charge >= 0.3 is 0 Å². The zero-order valence-corrected chi connectivity index (χ0v) is 21.0. The number of benzene rings is 3. The molecule has 0 saturated carbocycles. The number of rotatable bonds is 10. The van der Waals surface area contributed by atoms with Gasteiger partial charge in [-0.25, -0.2) is 10.1 Å². The maximum atomic E-state index is 12.3. The first-order valence-corrected chi connectivity index (χ1v) is 12.2. The Morgan fingerprint density at radius 3 is 2.49 bits per heavy atom. The van der Waals surface area contributed by atoms with Crippen LogP contribution in [0.1, 0.15) is 29.3 Å². The molecule has 1 aromatic heterocycles.